The first kappa shape index (κ1) is 16.2. The molecule has 0 fully saturated rings. The Bertz CT molecular complexity index is 800. The van der Waals surface area contributed by atoms with Gasteiger partial charge in [0.25, 0.3) is 0 Å². The number of nitrogens with one attached hydrogen (secondary N) is 2. The predicted molar refractivity (Wildman–Crippen MR) is 105 cm³/mol. The Morgan fingerprint density at radius 2 is 1.38 bits per heavy atom. The molecule has 0 aliphatic carbocycles. The number of anilines is 1. The maximum atomic E-state index is 5.53. The summed E-state index contributed by atoms with van der Waals surface area (Å²) in [5.41, 5.74) is 4.62. The minimum atomic E-state index is 0.0103. The van der Waals surface area contributed by atoms with Crippen molar-refractivity contribution in [1.82, 2.24) is 5.32 Å². The summed E-state index contributed by atoms with van der Waals surface area (Å²) in [4.78, 5) is 0. The van der Waals surface area contributed by atoms with E-state index in [9.17, 15) is 0 Å². The van der Waals surface area contributed by atoms with Crippen molar-refractivity contribution in [1.29, 1.82) is 0 Å². The second-order valence-corrected chi connectivity index (χ2v) is 6.07. The molecule has 0 unspecified atom stereocenters. The Kier molecular flexibility index (Phi) is 5.24. The van der Waals surface area contributed by atoms with Crippen LogP contribution in [-0.4, -0.2) is 5.11 Å². The van der Waals surface area contributed by atoms with Gasteiger partial charge in [-0.2, -0.15) is 0 Å². The van der Waals surface area contributed by atoms with E-state index in [0.717, 1.165) is 5.69 Å². The molecule has 0 amide bonds. The van der Waals surface area contributed by atoms with Crippen molar-refractivity contribution in [2.45, 2.75) is 13.0 Å². The number of aryl methyl sites for hydroxylation is 1. The molecule has 0 aliphatic heterocycles. The van der Waals surface area contributed by atoms with Crippen molar-refractivity contribution in [3.63, 3.8) is 0 Å². The van der Waals surface area contributed by atoms with Crippen LogP contribution < -0.4 is 10.6 Å². The summed E-state index contributed by atoms with van der Waals surface area (Å²) < 4.78 is 0. The highest BCUT2D eigenvalue weighted by Gasteiger charge is 2.16. The second-order valence-electron chi connectivity index (χ2n) is 5.66. The second kappa shape index (κ2) is 7.75. The van der Waals surface area contributed by atoms with E-state index in [0.29, 0.717) is 5.11 Å². The van der Waals surface area contributed by atoms with Crippen LogP contribution in [0.5, 0.6) is 0 Å². The minimum Gasteiger partial charge on any atom is -0.352 e. The van der Waals surface area contributed by atoms with Gasteiger partial charge in [-0.25, -0.2) is 0 Å². The van der Waals surface area contributed by atoms with Gasteiger partial charge >= 0.3 is 0 Å². The van der Waals surface area contributed by atoms with Gasteiger partial charge in [0, 0.05) is 5.69 Å². The van der Waals surface area contributed by atoms with Crippen LogP contribution >= 0.6 is 12.2 Å². The van der Waals surface area contributed by atoms with Crippen LogP contribution in [0.3, 0.4) is 0 Å². The fourth-order valence-corrected chi connectivity index (χ4v) is 2.95. The van der Waals surface area contributed by atoms with Crippen molar-refractivity contribution >= 4 is 23.0 Å². The van der Waals surface area contributed by atoms with Crippen molar-refractivity contribution in [2.24, 2.45) is 0 Å². The van der Waals surface area contributed by atoms with Gasteiger partial charge in [-0.3, -0.25) is 0 Å². The average molecular weight is 332 g/mol. The standard InChI is InChI=1S/C21H20N2S/c1-16-10-8-9-15-19(16)20(17-11-4-2-5-12-17)23-21(24)22-18-13-6-3-7-14-18/h2-15,20H,1H3,(H2,22,23,24)/t20-/m1/s1. The number of benzene rings is 3. The summed E-state index contributed by atoms with van der Waals surface area (Å²) >= 11 is 5.53. The normalized spacial score (nSPS) is 11.5. The Morgan fingerprint density at radius 1 is 0.792 bits per heavy atom. The van der Waals surface area contributed by atoms with E-state index < -0.39 is 0 Å². The maximum Gasteiger partial charge on any atom is 0.171 e. The number of thiocarbonyl (C=S) groups is 1. The molecule has 0 bridgehead atoms. The van der Waals surface area contributed by atoms with Crippen LogP contribution in [0.1, 0.15) is 22.7 Å². The Labute approximate surface area is 148 Å². The van der Waals surface area contributed by atoms with Crippen molar-refractivity contribution in [3.05, 3.63) is 102 Å². The highest BCUT2D eigenvalue weighted by Crippen LogP contribution is 2.25. The van der Waals surface area contributed by atoms with E-state index in [4.69, 9.17) is 12.2 Å². The van der Waals surface area contributed by atoms with E-state index in [2.05, 4.69) is 66.1 Å². The smallest absolute Gasteiger partial charge is 0.171 e. The lowest BCUT2D eigenvalue weighted by atomic mass is 9.95. The summed E-state index contributed by atoms with van der Waals surface area (Å²) in [6, 6.07) is 28.7. The van der Waals surface area contributed by atoms with Gasteiger partial charge in [0.05, 0.1) is 6.04 Å². The minimum absolute atomic E-state index is 0.0103. The zero-order valence-electron chi connectivity index (χ0n) is 13.6. The van der Waals surface area contributed by atoms with Gasteiger partial charge < -0.3 is 10.6 Å². The van der Waals surface area contributed by atoms with Crippen molar-refractivity contribution in [3.8, 4) is 0 Å². The molecule has 0 heterocycles. The molecule has 2 N–H and O–H groups in total. The van der Waals surface area contributed by atoms with E-state index in [-0.39, 0.29) is 6.04 Å². The lowest BCUT2D eigenvalue weighted by molar-refractivity contribution is 0.762. The van der Waals surface area contributed by atoms with E-state index in [1.54, 1.807) is 0 Å². The molecule has 3 aromatic carbocycles. The van der Waals surface area contributed by atoms with Gasteiger partial charge in [0.15, 0.2) is 5.11 Å². The molecule has 0 radical (unpaired) electrons. The molecular weight excluding hydrogens is 312 g/mol. The number of hydrogen-bond acceptors (Lipinski definition) is 1. The van der Waals surface area contributed by atoms with Crippen LogP contribution in [0.25, 0.3) is 0 Å². The third-order valence-corrected chi connectivity index (χ3v) is 4.16. The summed E-state index contributed by atoms with van der Waals surface area (Å²) in [7, 11) is 0. The maximum absolute atomic E-state index is 5.53. The third kappa shape index (κ3) is 4.00. The highest BCUT2D eigenvalue weighted by molar-refractivity contribution is 7.80. The summed E-state index contributed by atoms with van der Waals surface area (Å²) in [6.07, 6.45) is 0. The third-order valence-electron chi connectivity index (χ3n) is 3.94. The average Bonchev–Trinajstić information content (AvgIpc) is 2.62. The molecule has 0 saturated carbocycles. The molecular formula is C21H20N2S. The first-order valence-electron chi connectivity index (χ1n) is 7.97. The number of hydrogen-bond donors (Lipinski definition) is 2. The molecule has 0 aromatic heterocycles. The molecule has 0 saturated heterocycles. The van der Waals surface area contributed by atoms with E-state index in [1.807, 2.05) is 36.4 Å². The topological polar surface area (TPSA) is 24.1 Å². The van der Waals surface area contributed by atoms with Gasteiger partial charge in [-0.15, -0.1) is 0 Å². The molecule has 24 heavy (non-hydrogen) atoms. The van der Waals surface area contributed by atoms with Gasteiger partial charge in [-0.1, -0.05) is 72.8 Å². The fourth-order valence-electron chi connectivity index (χ4n) is 2.72. The van der Waals surface area contributed by atoms with Crippen LogP contribution in [0, 0.1) is 6.92 Å². The number of para-hydroxylation sites is 1. The Morgan fingerprint density at radius 3 is 2.04 bits per heavy atom. The number of rotatable bonds is 4. The van der Waals surface area contributed by atoms with Crippen LogP contribution in [0.15, 0.2) is 84.9 Å². The molecule has 1 atom stereocenters. The molecule has 0 spiro atoms. The monoisotopic (exact) mass is 332 g/mol. The SMILES string of the molecule is Cc1ccccc1[C@H](NC(=S)Nc1ccccc1)c1ccccc1. The zero-order chi connectivity index (χ0) is 16.8. The lowest BCUT2D eigenvalue weighted by Gasteiger charge is -2.23. The first-order chi connectivity index (χ1) is 11.7. The van der Waals surface area contributed by atoms with Crippen molar-refractivity contribution in [2.75, 3.05) is 5.32 Å². The zero-order valence-corrected chi connectivity index (χ0v) is 14.4. The molecule has 120 valence electrons. The molecule has 3 rings (SSSR count). The van der Waals surface area contributed by atoms with Gasteiger partial charge in [0.1, 0.15) is 0 Å². The summed E-state index contributed by atoms with van der Waals surface area (Å²) in [5, 5.41) is 7.32. The molecule has 3 heteroatoms. The fraction of sp³-hybridized carbons (Fsp3) is 0.0952. The van der Waals surface area contributed by atoms with E-state index >= 15 is 0 Å². The predicted octanol–water partition coefficient (Wildman–Crippen LogP) is 5.07. The van der Waals surface area contributed by atoms with Crippen LogP contribution in [0.4, 0.5) is 5.69 Å². The van der Waals surface area contributed by atoms with Crippen LogP contribution in [0.2, 0.25) is 0 Å². The highest BCUT2D eigenvalue weighted by atomic mass is 32.1. The molecule has 0 aliphatic rings. The molecule has 2 nitrogen and oxygen atoms in total. The van der Waals surface area contributed by atoms with Crippen LogP contribution in [-0.2, 0) is 0 Å². The first-order valence-corrected chi connectivity index (χ1v) is 8.38. The largest absolute Gasteiger partial charge is 0.352 e. The van der Waals surface area contributed by atoms with E-state index in [1.165, 1.54) is 16.7 Å². The Hall–Kier alpha value is -2.65. The Balaban J connectivity index is 1.86. The van der Waals surface area contributed by atoms with Gasteiger partial charge in [0.2, 0.25) is 0 Å². The molecule has 3 aromatic rings. The quantitative estimate of drug-likeness (QED) is 0.652. The summed E-state index contributed by atoms with van der Waals surface area (Å²) in [5.74, 6) is 0. The lowest BCUT2D eigenvalue weighted by Crippen LogP contribution is -2.33. The summed E-state index contributed by atoms with van der Waals surface area (Å²) in [6.45, 7) is 2.13. The van der Waals surface area contributed by atoms with Crippen molar-refractivity contribution < 1.29 is 0 Å². The van der Waals surface area contributed by atoms with Gasteiger partial charge in [-0.05, 0) is 48.0 Å².